The third kappa shape index (κ3) is 2.37. The summed E-state index contributed by atoms with van der Waals surface area (Å²) in [5.74, 6) is -0.928. The molecule has 0 saturated heterocycles. The van der Waals surface area contributed by atoms with Crippen LogP contribution in [-0.4, -0.2) is 35.6 Å². The lowest BCUT2D eigenvalue weighted by atomic mass is 10.2. The SMILES string of the molecule is O=C(O)c1ccc2ncn(CCCn3ccnn3)c2c1. The number of aromatic carboxylic acids is 1. The van der Waals surface area contributed by atoms with Crippen molar-refractivity contribution in [3.63, 3.8) is 0 Å². The van der Waals surface area contributed by atoms with E-state index in [0.717, 1.165) is 30.5 Å². The van der Waals surface area contributed by atoms with Gasteiger partial charge in [-0.25, -0.2) is 9.78 Å². The highest BCUT2D eigenvalue weighted by Gasteiger charge is 2.07. The molecule has 7 nitrogen and oxygen atoms in total. The summed E-state index contributed by atoms with van der Waals surface area (Å²) in [4.78, 5) is 15.3. The minimum Gasteiger partial charge on any atom is -0.478 e. The van der Waals surface area contributed by atoms with Gasteiger partial charge in [0, 0.05) is 19.3 Å². The first-order chi connectivity index (χ1) is 9.74. The zero-order valence-electron chi connectivity index (χ0n) is 10.7. The number of fused-ring (bicyclic) bond motifs is 1. The van der Waals surface area contributed by atoms with E-state index < -0.39 is 5.97 Å². The van der Waals surface area contributed by atoms with Crippen LogP contribution in [0.5, 0.6) is 0 Å². The first-order valence-corrected chi connectivity index (χ1v) is 6.26. The molecule has 3 aromatic rings. The Hall–Kier alpha value is -2.70. The van der Waals surface area contributed by atoms with E-state index in [1.54, 1.807) is 35.4 Å². The van der Waals surface area contributed by atoms with E-state index in [2.05, 4.69) is 15.3 Å². The second kappa shape index (κ2) is 5.12. The van der Waals surface area contributed by atoms with E-state index in [1.807, 2.05) is 10.8 Å². The lowest BCUT2D eigenvalue weighted by Gasteiger charge is -2.05. The minimum atomic E-state index is -0.928. The number of rotatable bonds is 5. The molecule has 0 radical (unpaired) electrons. The summed E-state index contributed by atoms with van der Waals surface area (Å²) in [5.41, 5.74) is 1.91. The number of hydrogen-bond acceptors (Lipinski definition) is 4. The highest BCUT2D eigenvalue weighted by atomic mass is 16.4. The average molecular weight is 271 g/mol. The van der Waals surface area contributed by atoms with Gasteiger partial charge in [0.1, 0.15) is 0 Å². The van der Waals surface area contributed by atoms with Crippen LogP contribution < -0.4 is 0 Å². The van der Waals surface area contributed by atoms with E-state index in [0.29, 0.717) is 0 Å². The van der Waals surface area contributed by atoms with Gasteiger partial charge in [-0.05, 0) is 24.6 Å². The maximum Gasteiger partial charge on any atom is 0.335 e. The van der Waals surface area contributed by atoms with E-state index >= 15 is 0 Å². The maximum atomic E-state index is 11.0. The molecule has 2 aromatic heterocycles. The molecular weight excluding hydrogens is 258 g/mol. The van der Waals surface area contributed by atoms with Gasteiger partial charge in [0.15, 0.2) is 0 Å². The van der Waals surface area contributed by atoms with E-state index in [-0.39, 0.29) is 5.56 Å². The Morgan fingerprint density at radius 1 is 1.30 bits per heavy atom. The molecule has 0 aliphatic heterocycles. The first-order valence-electron chi connectivity index (χ1n) is 6.26. The Labute approximate surface area is 114 Å². The molecule has 0 unspecified atom stereocenters. The van der Waals surface area contributed by atoms with Crippen LogP contribution in [0.1, 0.15) is 16.8 Å². The molecule has 0 aliphatic rings. The van der Waals surface area contributed by atoms with Crippen molar-refractivity contribution in [3.05, 3.63) is 42.5 Å². The van der Waals surface area contributed by atoms with Crippen molar-refractivity contribution < 1.29 is 9.90 Å². The third-order valence-electron chi connectivity index (χ3n) is 3.13. The van der Waals surface area contributed by atoms with Crippen molar-refractivity contribution in [3.8, 4) is 0 Å². The van der Waals surface area contributed by atoms with Gasteiger partial charge in [-0.1, -0.05) is 5.21 Å². The predicted octanol–water partition coefficient (Wildman–Crippen LogP) is 1.42. The van der Waals surface area contributed by atoms with Crippen molar-refractivity contribution in [2.24, 2.45) is 0 Å². The Balaban J connectivity index is 1.77. The van der Waals surface area contributed by atoms with Crippen LogP contribution in [0.15, 0.2) is 36.9 Å². The second-order valence-corrected chi connectivity index (χ2v) is 4.47. The van der Waals surface area contributed by atoms with Crippen LogP contribution in [0.25, 0.3) is 11.0 Å². The topological polar surface area (TPSA) is 85.8 Å². The molecule has 1 aromatic carbocycles. The number of nitrogens with zero attached hydrogens (tertiary/aromatic N) is 5. The number of imidazole rings is 1. The number of hydrogen-bond donors (Lipinski definition) is 1. The molecule has 0 spiro atoms. The summed E-state index contributed by atoms with van der Waals surface area (Å²) in [6.07, 6.45) is 6.06. The Kier molecular flexibility index (Phi) is 3.16. The van der Waals surface area contributed by atoms with Crippen molar-refractivity contribution >= 4 is 17.0 Å². The molecule has 0 bridgehead atoms. The van der Waals surface area contributed by atoms with E-state index in [9.17, 15) is 4.79 Å². The van der Waals surface area contributed by atoms with Crippen molar-refractivity contribution in [2.45, 2.75) is 19.5 Å². The number of aryl methyl sites for hydroxylation is 2. The van der Waals surface area contributed by atoms with Gasteiger partial charge in [-0.2, -0.15) is 0 Å². The average Bonchev–Trinajstić information content (AvgIpc) is 3.08. The third-order valence-corrected chi connectivity index (χ3v) is 3.13. The largest absolute Gasteiger partial charge is 0.478 e. The van der Waals surface area contributed by atoms with Crippen LogP contribution in [0.3, 0.4) is 0 Å². The van der Waals surface area contributed by atoms with Gasteiger partial charge >= 0.3 is 5.97 Å². The number of benzene rings is 1. The molecule has 0 atom stereocenters. The van der Waals surface area contributed by atoms with Crippen LogP contribution in [0.4, 0.5) is 0 Å². The van der Waals surface area contributed by atoms with Gasteiger partial charge in [0.2, 0.25) is 0 Å². The molecule has 3 rings (SSSR count). The summed E-state index contributed by atoms with van der Waals surface area (Å²) >= 11 is 0. The van der Waals surface area contributed by atoms with E-state index in [1.165, 1.54) is 0 Å². The quantitative estimate of drug-likeness (QED) is 0.758. The molecule has 1 N–H and O–H groups in total. The van der Waals surface area contributed by atoms with E-state index in [4.69, 9.17) is 5.11 Å². The fraction of sp³-hybridized carbons (Fsp3) is 0.231. The molecular formula is C13H13N5O2. The number of carboxylic acid groups (broad SMARTS) is 1. The summed E-state index contributed by atoms with van der Waals surface area (Å²) in [6.45, 7) is 1.51. The van der Waals surface area contributed by atoms with Crippen molar-refractivity contribution in [1.82, 2.24) is 24.5 Å². The summed E-state index contributed by atoms with van der Waals surface area (Å²) in [6, 6.07) is 4.95. The first kappa shape index (κ1) is 12.3. The van der Waals surface area contributed by atoms with Crippen LogP contribution in [-0.2, 0) is 13.1 Å². The lowest BCUT2D eigenvalue weighted by molar-refractivity contribution is 0.0697. The molecule has 2 heterocycles. The smallest absolute Gasteiger partial charge is 0.335 e. The highest BCUT2D eigenvalue weighted by molar-refractivity contribution is 5.92. The second-order valence-electron chi connectivity index (χ2n) is 4.47. The Morgan fingerprint density at radius 2 is 2.20 bits per heavy atom. The zero-order chi connectivity index (χ0) is 13.9. The Bertz CT molecular complexity index is 732. The summed E-state index contributed by atoms with van der Waals surface area (Å²) in [7, 11) is 0. The summed E-state index contributed by atoms with van der Waals surface area (Å²) in [5, 5.41) is 16.7. The molecule has 0 aliphatic carbocycles. The van der Waals surface area contributed by atoms with Gasteiger partial charge in [-0.3, -0.25) is 4.68 Å². The molecule has 0 fully saturated rings. The fourth-order valence-electron chi connectivity index (χ4n) is 2.12. The van der Waals surface area contributed by atoms with Gasteiger partial charge in [0.05, 0.1) is 29.1 Å². The van der Waals surface area contributed by atoms with Crippen molar-refractivity contribution in [2.75, 3.05) is 0 Å². The standard InChI is InChI=1S/C13H13N5O2/c19-13(20)10-2-3-11-12(8-10)17(9-14-11)5-1-6-18-7-4-15-16-18/h2-4,7-9H,1,5-6H2,(H,19,20). The maximum absolute atomic E-state index is 11.0. The highest BCUT2D eigenvalue weighted by Crippen LogP contribution is 2.15. The fourth-order valence-corrected chi connectivity index (χ4v) is 2.12. The van der Waals surface area contributed by atoms with Gasteiger partial charge < -0.3 is 9.67 Å². The Morgan fingerprint density at radius 3 is 2.95 bits per heavy atom. The molecule has 20 heavy (non-hydrogen) atoms. The number of carbonyl (C=O) groups is 1. The number of aromatic nitrogens is 5. The van der Waals surface area contributed by atoms with Gasteiger partial charge in [-0.15, -0.1) is 5.10 Å². The van der Waals surface area contributed by atoms with Crippen molar-refractivity contribution in [1.29, 1.82) is 0 Å². The molecule has 102 valence electrons. The zero-order valence-corrected chi connectivity index (χ0v) is 10.7. The van der Waals surface area contributed by atoms with Crippen LogP contribution >= 0.6 is 0 Å². The van der Waals surface area contributed by atoms with Crippen LogP contribution in [0.2, 0.25) is 0 Å². The molecule has 0 amide bonds. The molecule has 7 heteroatoms. The number of carboxylic acids is 1. The molecule has 0 saturated carbocycles. The predicted molar refractivity (Wildman–Crippen MR) is 71.3 cm³/mol. The minimum absolute atomic E-state index is 0.274. The summed E-state index contributed by atoms with van der Waals surface area (Å²) < 4.78 is 3.72. The van der Waals surface area contributed by atoms with Crippen LogP contribution in [0, 0.1) is 0 Å². The van der Waals surface area contributed by atoms with Gasteiger partial charge in [0.25, 0.3) is 0 Å². The lowest BCUT2D eigenvalue weighted by Crippen LogP contribution is -2.04. The monoisotopic (exact) mass is 271 g/mol. The normalized spacial score (nSPS) is 11.0.